The van der Waals surface area contributed by atoms with Gasteiger partial charge >= 0.3 is 5.76 Å². The number of benzene rings is 1. The van der Waals surface area contributed by atoms with E-state index in [1.54, 1.807) is 16.7 Å². The predicted octanol–water partition coefficient (Wildman–Crippen LogP) is 1.65. The molecule has 0 bridgehead atoms. The lowest BCUT2D eigenvalue weighted by Crippen LogP contribution is -2.16. The summed E-state index contributed by atoms with van der Waals surface area (Å²) >= 11 is 0. The van der Waals surface area contributed by atoms with E-state index in [0.717, 1.165) is 11.1 Å². The molecule has 0 amide bonds. The van der Waals surface area contributed by atoms with Gasteiger partial charge < -0.3 is 9.62 Å². The van der Waals surface area contributed by atoms with Gasteiger partial charge in [-0.15, -0.1) is 0 Å². The van der Waals surface area contributed by atoms with Crippen molar-refractivity contribution in [1.29, 1.82) is 0 Å². The molecule has 86 valence electrons. The Kier molecular flexibility index (Phi) is 2.80. The number of oxazole rings is 1. The Morgan fingerprint density at radius 3 is 2.88 bits per heavy atom. The van der Waals surface area contributed by atoms with Gasteiger partial charge in [0, 0.05) is 12.6 Å². The minimum Gasteiger partial charge on any atom is -0.408 e. The summed E-state index contributed by atoms with van der Waals surface area (Å²) in [6.07, 6.45) is 0. The van der Waals surface area contributed by atoms with Gasteiger partial charge in [-0.1, -0.05) is 6.07 Å². The number of nitrogens with one attached hydrogen (secondary N) is 1. The quantitative estimate of drug-likeness (QED) is 0.775. The van der Waals surface area contributed by atoms with Gasteiger partial charge in [0.05, 0.1) is 5.52 Å². The summed E-state index contributed by atoms with van der Waals surface area (Å²) in [5.74, 6) is -0.348. The topological polar surface area (TPSA) is 67.4 Å². The van der Waals surface area contributed by atoms with E-state index < -0.39 is 0 Å². The molecule has 2 aromatic rings. The van der Waals surface area contributed by atoms with Crippen molar-refractivity contribution in [2.45, 2.75) is 26.4 Å². The van der Waals surface area contributed by atoms with Crippen LogP contribution >= 0.6 is 0 Å². The second-order valence-electron chi connectivity index (χ2n) is 3.97. The second-order valence-corrected chi connectivity index (χ2v) is 3.97. The lowest BCUT2D eigenvalue weighted by atomic mass is 10.2. The minimum absolute atomic E-state index is 0.0473. The predicted molar refractivity (Wildman–Crippen MR) is 59.5 cm³/mol. The van der Waals surface area contributed by atoms with Gasteiger partial charge in [-0.3, -0.25) is 4.57 Å². The van der Waals surface area contributed by atoms with Crippen LogP contribution in [-0.2, 0) is 6.54 Å². The van der Waals surface area contributed by atoms with Crippen molar-refractivity contribution in [3.05, 3.63) is 34.3 Å². The van der Waals surface area contributed by atoms with E-state index >= 15 is 0 Å². The molecule has 5 nitrogen and oxygen atoms in total. The average molecular weight is 222 g/mol. The highest BCUT2D eigenvalue weighted by molar-refractivity contribution is 5.73. The molecular formula is C11H14N2O3. The second kappa shape index (κ2) is 4.11. The first-order valence-corrected chi connectivity index (χ1v) is 5.14. The molecule has 16 heavy (non-hydrogen) atoms. The molecule has 0 radical (unpaired) electrons. The normalized spacial score (nSPS) is 11.5. The van der Waals surface area contributed by atoms with Crippen LogP contribution in [0.15, 0.2) is 27.4 Å². The molecule has 2 rings (SSSR count). The van der Waals surface area contributed by atoms with E-state index in [4.69, 9.17) is 9.62 Å². The van der Waals surface area contributed by atoms with Crippen molar-refractivity contribution < 1.29 is 9.62 Å². The van der Waals surface area contributed by atoms with Gasteiger partial charge in [0.1, 0.15) is 0 Å². The number of aromatic nitrogens is 1. The zero-order valence-electron chi connectivity index (χ0n) is 9.23. The van der Waals surface area contributed by atoms with Crippen molar-refractivity contribution in [1.82, 2.24) is 10.0 Å². The fourth-order valence-electron chi connectivity index (χ4n) is 1.77. The van der Waals surface area contributed by atoms with Crippen LogP contribution in [0, 0.1) is 0 Å². The highest BCUT2D eigenvalue weighted by Gasteiger charge is 2.11. The van der Waals surface area contributed by atoms with Gasteiger partial charge in [0.2, 0.25) is 0 Å². The number of hydrogen-bond acceptors (Lipinski definition) is 4. The van der Waals surface area contributed by atoms with Crippen molar-refractivity contribution in [2.75, 3.05) is 0 Å². The summed E-state index contributed by atoms with van der Waals surface area (Å²) in [7, 11) is 0. The van der Waals surface area contributed by atoms with Crippen LogP contribution in [0.4, 0.5) is 0 Å². The monoisotopic (exact) mass is 222 g/mol. The fourth-order valence-corrected chi connectivity index (χ4v) is 1.77. The van der Waals surface area contributed by atoms with Crippen LogP contribution in [0.25, 0.3) is 11.1 Å². The lowest BCUT2D eigenvalue weighted by Gasteiger charge is -2.06. The maximum Gasteiger partial charge on any atom is 0.420 e. The van der Waals surface area contributed by atoms with Crippen molar-refractivity contribution in [3.63, 3.8) is 0 Å². The molecular weight excluding hydrogens is 208 g/mol. The van der Waals surface area contributed by atoms with E-state index in [1.807, 2.05) is 19.9 Å². The first-order chi connectivity index (χ1) is 7.63. The number of fused-ring (bicyclic) bond motifs is 1. The van der Waals surface area contributed by atoms with Crippen LogP contribution in [0.2, 0.25) is 0 Å². The van der Waals surface area contributed by atoms with Gasteiger partial charge in [0.25, 0.3) is 0 Å². The molecule has 5 heteroatoms. The van der Waals surface area contributed by atoms with Gasteiger partial charge in [0.15, 0.2) is 5.58 Å². The van der Waals surface area contributed by atoms with Crippen molar-refractivity contribution >= 4 is 11.1 Å². The van der Waals surface area contributed by atoms with Gasteiger partial charge in [-0.05, 0) is 31.5 Å². The van der Waals surface area contributed by atoms with Crippen LogP contribution < -0.4 is 11.2 Å². The molecule has 0 saturated carbocycles. The molecule has 1 aromatic carbocycles. The smallest absolute Gasteiger partial charge is 0.408 e. The number of rotatable bonds is 3. The van der Waals surface area contributed by atoms with Crippen LogP contribution in [0.1, 0.15) is 25.5 Å². The summed E-state index contributed by atoms with van der Waals surface area (Å²) in [5.41, 5.74) is 4.31. The number of nitrogens with zero attached hydrogens (tertiary/aromatic N) is 1. The van der Waals surface area contributed by atoms with E-state index in [-0.39, 0.29) is 11.8 Å². The Hall–Kier alpha value is -1.59. The third-order valence-electron chi connectivity index (χ3n) is 2.48. The Morgan fingerprint density at radius 1 is 1.50 bits per heavy atom. The SMILES string of the molecule is CC(C)n1c(=O)oc2ccc(CNO)cc21. The standard InChI is InChI=1S/C11H14N2O3/c1-7(2)13-9-5-8(6-12-15)3-4-10(9)16-11(13)14/h3-5,7,12,15H,6H2,1-2H3. The van der Waals surface area contributed by atoms with Crippen LogP contribution in [0.3, 0.4) is 0 Å². The van der Waals surface area contributed by atoms with Crippen LogP contribution in [-0.4, -0.2) is 9.77 Å². The molecule has 0 atom stereocenters. The van der Waals surface area contributed by atoms with E-state index in [2.05, 4.69) is 5.48 Å². The summed E-state index contributed by atoms with van der Waals surface area (Å²) in [5, 5.41) is 8.63. The Balaban J connectivity index is 2.65. The van der Waals surface area contributed by atoms with Gasteiger partial charge in [-0.2, -0.15) is 0 Å². The minimum atomic E-state index is -0.348. The molecule has 1 heterocycles. The highest BCUT2D eigenvalue weighted by Crippen LogP contribution is 2.18. The molecule has 0 saturated heterocycles. The molecule has 0 spiro atoms. The maximum atomic E-state index is 11.6. The third-order valence-corrected chi connectivity index (χ3v) is 2.48. The van der Waals surface area contributed by atoms with Crippen LogP contribution in [0.5, 0.6) is 0 Å². The maximum absolute atomic E-state index is 11.6. The number of hydrogen-bond donors (Lipinski definition) is 2. The molecule has 0 aliphatic carbocycles. The zero-order valence-corrected chi connectivity index (χ0v) is 9.23. The molecule has 0 fully saturated rings. The number of hydroxylamine groups is 1. The molecule has 0 aliphatic heterocycles. The lowest BCUT2D eigenvalue weighted by molar-refractivity contribution is 0.161. The molecule has 2 N–H and O–H groups in total. The average Bonchev–Trinajstić information content (AvgIpc) is 2.53. The largest absolute Gasteiger partial charge is 0.420 e. The van der Waals surface area contributed by atoms with Crippen molar-refractivity contribution in [3.8, 4) is 0 Å². The Morgan fingerprint density at radius 2 is 2.25 bits per heavy atom. The summed E-state index contributed by atoms with van der Waals surface area (Å²) < 4.78 is 6.71. The Bertz CT molecular complexity index is 554. The summed E-state index contributed by atoms with van der Waals surface area (Å²) in [6.45, 7) is 4.19. The van der Waals surface area contributed by atoms with E-state index in [9.17, 15) is 4.79 Å². The first-order valence-electron chi connectivity index (χ1n) is 5.14. The van der Waals surface area contributed by atoms with E-state index in [0.29, 0.717) is 12.1 Å². The van der Waals surface area contributed by atoms with Gasteiger partial charge in [-0.25, -0.2) is 10.3 Å². The van der Waals surface area contributed by atoms with E-state index in [1.165, 1.54) is 0 Å². The summed E-state index contributed by atoms with van der Waals surface area (Å²) in [4.78, 5) is 11.6. The molecule has 1 aromatic heterocycles. The highest BCUT2D eigenvalue weighted by atomic mass is 16.5. The third kappa shape index (κ3) is 1.75. The Labute approximate surface area is 92.3 Å². The first kappa shape index (κ1) is 10.9. The summed E-state index contributed by atoms with van der Waals surface area (Å²) in [6, 6.07) is 5.43. The van der Waals surface area contributed by atoms with Crippen molar-refractivity contribution in [2.24, 2.45) is 0 Å². The molecule has 0 unspecified atom stereocenters. The molecule has 0 aliphatic rings. The zero-order chi connectivity index (χ0) is 11.7. The fraction of sp³-hybridized carbons (Fsp3) is 0.364.